The Morgan fingerprint density at radius 2 is 0.753 bits per heavy atom. The fraction of sp³-hybridized carbons (Fsp3) is 0.681. The predicted octanol–water partition coefficient (Wildman–Crippen LogP) is 20.4. The quantitative estimate of drug-likeness (QED) is 0.0272. The number of unbranched alkanes of at least 4 members (excludes halogenated alkanes) is 24. The molecule has 0 heterocycles. The van der Waals surface area contributed by atoms with Gasteiger partial charge in [-0.25, -0.2) is 0 Å². The fourth-order valence-corrected chi connectivity index (χ4v) is 9.77. The van der Waals surface area contributed by atoms with Crippen LogP contribution < -0.4 is 10.2 Å². The molecule has 81 heavy (non-hydrogen) atoms. The first-order valence-corrected chi connectivity index (χ1v) is 34.5. The van der Waals surface area contributed by atoms with Gasteiger partial charge in [0.15, 0.2) is 0 Å². The average molecular weight is 1150 g/mol. The summed E-state index contributed by atoms with van der Waals surface area (Å²) in [7, 11) is 1.27. The Balaban J connectivity index is 4.22. The number of phosphoric acid groups is 1. The highest BCUT2D eigenvalue weighted by Crippen LogP contribution is 2.38. The normalized spacial score (nSPS) is 14.6. The second-order valence-corrected chi connectivity index (χ2v) is 24.5. The standard InChI is InChI=1S/C72H125N2O6P/c1-6-8-10-12-14-16-18-20-22-24-26-28-30-31-32-33-34-35-36-37-38-39-40-41-42-43-44-46-48-50-52-54-56-58-60-62-64-66-72(76)73-70(69-80-81(77,78)79-68-67-74(3,4)5)71(75)65-63-61-59-57-55-53-51-49-47-45-29-27-25-23-21-19-17-15-13-11-9-7-2/h8,10,14,16,20,22,26,28,31-32,34-35,37-38,40-41,43-44,48,50,54,56,70-71,75H,6-7,9,11-13,15,17-19,21,23-25,27,29-30,33,36,39,42,45-47,49,51-53,55,57-69H2,1-5H3,(H-,73,76,77,78)/b10-8-,16-14-,22-20-,28-26-,32-31-,35-34-,38-37-,41-40-,44-43-,50-48-,56-54-. The van der Waals surface area contributed by atoms with Gasteiger partial charge < -0.3 is 28.8 Å². The van der Waals surface area contributed by atoms with E-state index >= 15 is 0 Å². The maximum Gasteiger partial charge on any atom is 0.268 e. The van der Waals surface area contributed by atoms with Crippen LogP contribution in [0.5, 0.6) is 0 Å². The molecule has 0 aromatic heterocycles. The van der Waals surface area contributed by atoms with E-state index in [0.29, 0.717) is 23.9 Å². The minimum atomic E-state index is -4.60. The Bertz CT molecular complexity index is 1780. The number of carbonyl (C=O) groups is 1. The van der Waals surface area contributed by atoms with Crippen molar-refractivity contribution in [3.05, 3.63) is 134 Å². The van der Waals surface area contributed by atoms with E-state index in [1.807, 2.05) is 21.1 Å². The molecular formula is C72H125N2O6P. The number of nitrogens with one attached hydrogen (secondary N) is 1. The van der Waals surface area contributed by atoms with Crippen LogP contribution in [0.3, 0.4) is 0 Å². The lowest BCUT2D eigenvalue weighted by molar-refractivity contribution is -0.870. The number of allylic oxidation sites excluding steroid dienone is 22. The summed E-state index contributed by atoms with van der Waals surface area (Å²) in [6, 6.07) is -0.830. The Morgan fingerprint density at radius 1 is 0.444 bits per heavy atom. The van der Waals surface area contributed by atoms with Crippen LogP contribution in [0.4, 0.5) is 0 Å². The Hall–Kier alpha value is -3.36. The van der Waals surface area contributed by atoms with Crippen LogP contribution in [-0.4, -0.2) is 68.5 Å². The van der Waals surface area contributed by atoms with E-state index in [1.165, 1.54) is 122 Å². The van der Waals surface area contributed by atoms with Crippen molar-refractivity contribution in [2.45, 2.75) is 276 Å². The molecule has 0 saturated heterocycles. The largest absolute Gasteiger partial charge is 0.756 e. The van der Waals surface area contributed by atoms with E-state index in [2.05, 4.69) is 153 Å². The van der Waals surface area contributed by atoms with Crippen LogP contribution in [0.15, 0.2) is 134 Å². The number of hydrogen-bond donors (Lipinski definition) is 2. The number of phosphoric ester groups is 1. The molecule has 1 amide bonds. The fourth-order valence-electron chi connectivity index (χ4n) is 9.05. The van der Waals surface area contributed by atoms with E-state index in [1.54, 1.807) is 0 Å². The lowest BCUT2D eigenvalue weighted by Gasteiger charge is -2.30. The minimum Gasteiger partial charge on any atom is -0.756 e. The molecule has 0 bridgehead atoms. The molecule has 3 atom stereocenters. The van der Waals surface area contributed by atoms with Crippen molar-refractivity contribution in [3.63, 3.8) is 0 Å². The highest BCUT2D eigenvalue weighted by Gasteiger charge is 2.24. The van der Waals surface area contributed by atoms with Crippen molar-refractivity contribution in [3.8, 4) is 0 Å². The third-order valence-corrected chi connectivity index (χ3v) is 15.1. The molecule has 0 fully saturated rings. The number of hydrogen-bond acceptors (Lipinski definition) is 6. The first kappa shape index (κ1) is 77.6. The summed E-state index contributed by atoms with van der Waals surface area (Å²) in [5, 5.41) is 14.0. The van der Waals surface area contributed by atoms with Gasteiger partial charge in [-0.2, -0.15) is 0 Å². The van der Waals surface area contributed by atoms with E-state index in [0.717, 1.165) is 116 Å². The second kappa shape index (κ2) is 61.2. The molecule has 0 spiro atoms. The van der Waals surface area contributed by atoms with Gasteiger partial charge in [-0.1, -0.05) is 295 Å². The van der Waals surface area contributed by atoms with Crippen LogP contribution in [-0.2, 0) is 18.4 Å². The summed E-state index contributed by atoms with van der Waals surface area (Å²) in [4.78, 5) is 25.6. The molecule has 464 valence electrons. The summed E-state index contributed by atoms with van der Waals surface area (Å²) in [5.74, 6) is -0.199. The highest BCUT2D eigenvalue weighted by atomic mass is 31.2. The molecule has 0 aliphatic heterocycles. The molecule has 0 aromatic rings. The number of aliphatic hydroxyl groups is 1. The van der Waals surface area contributed by atoms with Crippen LogP contribution in [0.2, 0.25) is 0 Å². The minimum absolute atomic E-state index is 0.00135. The molecule has 0 aliphatic rings. The highest BCUT2D eigenvalue weighted by molar-refractivity contribution is 7.45. The first-order valence-electron chi connectivity index (χ1n) is 33.0. The summed E-state index contributed by atoms with van der Waals surface area (Å²) >= 11 is 0. The summed E-state index contributed by atoms with van der Waals surface area (Å²) in [6.07, 6.45) is 92.2. The number of rotatable bonds is 59. The van der Waals surface area contributed by atoms with E-state index in [4.69, 9.17) is 9.05 Å². The zero-order chi connectivity index (χ0) is 59.1. The predicted molar refractivity (Wildman–Crippen MR) is 352 cm³/mol. The van der Waals surface area contributed by atoms with E-state index < -0.39 is 20.0 Å². The van der Waals surface area contributed by atoms with Crippen molar-refractivity contribution >= 4 is 13.7 Å². The SMILES string of the molecule is CC/C=C\C/C=C\C/C=C\C/C=C\C/C=C\C/C=C\C/C=C\C/C=C\C/C=C\C/C=C\C/C=C\CCCCCC(=O)NC(COP(=O)([O-])OCC[N+](C)(C)C)C(O)CCCCCCCCCCCCCCCCCCCCCCCC. The number of amides is 1. The molecule has 0 radical (unpaired) electrons. The lowest BCUT2D eigenvalue weighted by atomic mass is 10.0. The zero-order valence-corrected chi connectivity index (χ0v) is 53.8. The smallest absolute Gasteiger partial charge is 0.268 e. The number of carbonyl (C=O) groups excluding carboxylic acids is 1. The molecule has 0 saturated carbocycles. The van der Waals surface area contributed by atoms with Crippen molar-refractivity contribution in [1.82, 2.24) is 5.32 Å². The molecule has 0 aromatic carbocycles. The first-order chi connectivity index (χ1) is 39.5. The third kappa shape index (κ3) is 64.1. The van der Waals surface area contributed by atoms with Crippen molar-refractivity contribution < 1.29 is 32.9 Å². The average Bonchev–Trinajstić information content (AvgIpc) is 3.43. The number of nitrogens with zero attached hydrogens (tertiary/aromatic N) is 1. The maximum absolute atomic E-state index is 13.0. The van der Waals surface area contributed by atoms with Crippen molar-refractivity contribution in [1.29, 1.82) is 0 Å². The van der Waals surface area contributed by atoms with Gasteiger partial charge in [0.2, 0.25) is 5.91 Å². The summed E-state index contributed by atoms with van der Waals surface area (Å²) in [6.45, 7) is 4.59. The zero-order valence-electron chi connectivity index (χ0n) is 52.9. The van der Waals surface area contributed by atoms with Gasteiger partial charge in [0.05, 0.1) is 39.9 Å². The molecule has 2 N–H and O–H groups in total. The number of quaternary nitrogens is 1. The van der Waals surface area contributed by atoms with E-state index in [-0.39, 0.29) is 19.1 Å². The van der Waals surface area contributed by atoms with Gasteiger partial charge in [0.25, 0.3) is 7.82 Å². The topological polar surface area (TPSA) is 108 Å². The number of aliphatic hydroxyl groups excluding tert-OH is 1. The van der Waals surface area contributed by atoms with Gasteiger partial charge in [-0.05, 0) is 96.3 Å². The molecule has 0 aliphatic carbocycles. The monoisotopic (exact) mass is 1140 g/mol. The second-order valence-electron chi connectivity index (χ2n) is 23.1. The summed E-state index contributed by atoms with van der Waals surface area (Å²) in [5.41, 5.74) is 0. The molecule has 9 heteroatoms. The Labute approximate surface area is 500 Å². The van der Waals surface area contributed by atoms with Crippen LogP contribution >= 0.6 is 7.82 Å². The van der Waals surface area contributed by atoms with Gasteiger partial charge in [-0.3, -0.25) is 9.36 Å². The van der Waals surface area contributed by atoms with Gasteiger partial charge in [0.1, 0.15) is 13.2 Å². The maximum atomic E-state index is 13.0. The van der Waals surface area contributed by atoms with Gasteiger partial charge >= 0.3 is 0 Å². The molecular weight excluding hydrogens is 1020 g/mol. The Kier molecular flexibility index (Phi) is 58.7. The van der Waals surface area contributed by atoms with Gasteiger partial charge in [-0.15, -0.1) is 0 Å². The van der Waals surface area contributed by atoms with Crippen LogP contribution in [0.1, 0.15) is 264 Å². The van der Waals surface area contributed by atoms with Crippen LogP contribution in [0, 0.1) is 0 Å². The third-order valence-electron chi connectivity index (χ3n) is 14.2. The molecule has 8 nitrogen and oxygen atoms in total. The molecule has 3 unspecified atom stereocenters. The van der Waals surface area contributed by atoms with Gasteiger partial charge in [0, 0.05) is 6.42 Å². The molecule has 0 rings (SSSR count). The van der Waals surface area contributed by atoms with Crippen LogP contribution in [0.25, 0.3) is 0 Å². The van der Waals surface area contributed by atoms with E-state index in [9.17, 15) is 19.4 Å². The van der Waals surface area contributed by atoms with Crippen molar-refractivity contribution in [2.24, 2.45) is 0 Å². The number of likely N-dealkylation sites (N-methyl/N-ethyl adjacent to an activating group) is 1. The lowest BCUT2D eigenvalue weighted by Crippen LogP contribution is -2.46. The summed E-state index contributed by atoms with van der Waals surface area (Å²) < 4.78 is 23.5. The van der Waals surface area contributed by atoms with Crippen molar-refractivity contribution in [2.75, 3.05) is 40.9 Å². The Morgan fingerprint density at radius 3 is 1.09 bits per heavy atom.